The molecule has 6 rings (SSSR count). The fourth-order valence-electron chi connectivity index (χ4n) is 6.07. The van der Waals surface area contributed by atoms with Crippen molar-refractivity contribution in [3.8, 4) is 28.2 Å². The van der Waals surface area contributed by atoms with Gasteiger partial charge >= 0.3 is 0 Å². The molecule has 0 N–H and O–H groups in total. The first-order valence-electron chi connectivity index (χ1n) is 14.0. The largest absolute Gasteiger partial charge is 0.464 e. The summed E-state index contributed by atoms with van der Waals surface area (Å²) in [6, 6.07) is 28.7. The Labute approximate surface area is 231 Å². The van der Waals surface area contributed by atoms with Gasteiger partial charge in [-0.1, -0.05) is 70.2 Å². The lowest BCUT2D eigenvalue weighted by molar-refractivity contribution is -0.557. The number of benzene rings is 4. The molecule has 3 nitrogen and oxygen atoms in total. The van der Waals surface area contributed by atoms with Crippen molar-refractivity contribution < 1.29 is 8.98 Å². The van der Waals surface area contributed by atoms with Crippen LogP contribution in [0, 0.1) is 13.8 Å². The number of rotatable bonds is 5. The van der Waals surface area contributed by atoms with Gasteiger partial charge in [0.1, 0.15) is 11.3 Å². The summed E-state index contributed by atoms with van der Waals surface area (Å²) in [5.41, 5.74) is 13.6. The van der Waals surface area contributed by atoms with Gasteiger partial charge in [0.05, 0.1) is 18.9 Å². The molecule has 0 fully saturated rings. The molecule has 0 unspecified atom stereocenters. The van der Waals surface area contributed by atoms with Crippen LogP contribution in [0.4, 0.5) is 0 Å². The molecule has 2 heterocycles. The van der Waals surface area contributed by atoms with Gasteiger partial charge in [0, 0.05) is 22.1 Å². The first-order valence-corrected chi connectivity index (χ1v) is 14.0. The van der Waals surface area contributed by atoms with Gasteiger partial charge in [-0.05, 0) is 78.8 Å². The molecule has 2 aromatic heterocycles. The fourth-order valence-corrected chi connectivity index (χ4v) is 6.07. The molecule has 196 valence electrons. The molecule has 0 aliphatic heterocycles. The Morgan fingerprint density at radius 3 is 2.08 bits per heavy atom. The highest BCUT2D eigenvalue weighted by atomic mass is 16.3. The third-order valence-corrected chi connectivity index (χ3v) is 8.11. The molecule has 0 spiro atoms. The SMILES string of the molecule is Cc1cc2ccoc2cc1-c1n(C)c2cccc(C)c2[n+]1-c1c(C(C)C)cc(-c2ccccc2)cc1C(C)C. The Bertz CT molecular complexity index is 1800. The van der Waals surface area contributed by atoms with Crippen molar-refractivity contribution in [2.24, 2.45) is 7.05 Å². The van der Waals surface area contributed by atoms with Gasteiger partial charge in [-0.25, -0.2) is 4.57 Å². The summed E-state index contributed by atoms with van der Waals surface area (Å²) in [5, 5.41) is 1.13. The molecule has 0 bridgehead atoms. The summed E-state index contributed by atoms with van der Waals surface area (Å²) in [5.74, 6) is 1.86. The second-order valence-electron chi connectivity index (χ2n) is 11.5. The average molecular weight is 514 g/mol. The number of furan rings is 1. The van der Waals surface area contributed by atoms with Crippen molar-refractivity contribution in [3.05, 3.63) is 107 Å². The van der Waals surface area contributed by atoms with Crippen LogP contribution in [0.15, 0.2) is 89.5 Å². The molecule has 0 aliphatic carbocycles. The second kappa shape index (κ2) is 9.57. The normalized spacial score (nSPS) is 11.9. The summed E-state index contributed by atoms with van der Waals surface area (Å²) in [7, 11) is 2.20. The quantitative estimate of drug-likeness (QED) is 0.210. The Morgan fingerprint density at radius 2 is 1.41 bits per heavy atom. The van der Waals surface area contributed by atoms with Crippen molar-refractivity contribution in [2.75, 3.05) is 0 Å². The summed E-state index contributed by atoms with van der Waals surface area (Å²) >= 11 is 0. The van der Waals surface area contributed by atoms with E-state index >= 15 is 0 Å². The molecule has 0 radical (unpaired) electrons. The zero-order chi connectivity index (χ0) is 27.4. The van der Waals surface area contributed by atoms with E-state index in [9.17, 15) is 0 Å². The maximum atomic E-state index is 5.89. The van der Waals surface area contributed by atoms with Crippen LogP contribution in [-0.4, -0.2) is 4.57 Å². The molecular weight excluding hydrogens is 476 g/mol. The van der Waals surface area contributed by atoms with E-state index in [0.29, 0.717) is 11.8 Å². The number of hydrogen-bond acceptors (Lipinski definition) is 1. The van der Waals surface area contributed by atoms with E-state index in [-0.39, 0.29) is 0 Å². The van der Waals surface area contributed by atoms with Crippen molar-refractivity contribution >= 4 is 22.0 Å². The summed E-state index contributed by atoms with van der Waals surface area (Å²) in [4.78, 5) is 0. The average Bonchev–Trinajstić information content (AvgIpc) is 3.50. The summed E-state index contributed by atoms with van der Waals surface area (Å²) < 4.78 is 10.8. The van der Waals surface area contributed by atoms with Gasteiger partial charge < -0.3 is 4.42 Å². The van der Waals surface area contributed by atoms with Crippen LogP contribution in [0.2, 0.25) is 0 Å². The van der Waals surface area contributed by atoms with Gasteiger partial charge in [0.25, 0.3) is 5.82 Å². The number of imidazole rings is 1. The Kier molecular flexibility index (Phi) is 6.18. The molecule has 3 heteroatoms. The van der Waals surface area contributed by atoms with Crippen LogP contribution in [0.25, 0.3) is 50.2 Å². The van der Waals surface area contributed by atoms with E-state index in [1.54, 1.807) is 6.26 Å². The van der Waals surface area contributed by atoms with Crippen LogP contribution in [-0.2, 0) is 7.05 Å². The fraction of sp³-hybridized carbons (Fsp3) is 0.250. The lowest BCUT2D eigenvalue weighted by Crippen LogP contribution is -2.37. The summed E-state index contributed by atoms with van der Waals surface area (Å²) in [6.45, 7) is 13.7. The standard InChI is InChI=1S/C36H37N2O/c1-22(2)29-19-28(26-13-9-8-10-14-26)20-30(23(3)4)35(29)38-34-24(5)12-11-15-32(34)37(7)36(38)31-21-33-27(16-17-39-33)18-25(31)6/h8-23H,1-7H3/q+1. The maximum absolute atomic E-state index is 5.89. The van der Waals surface area contributed by atoms with Crippen molar-refractivity contribution in [1.82, 2.24) is 4.57 Å². The maximum Gasteiger partial charge on any atom is 0.295 e. The van der Waals surface area contributed by atoms with Crippen LogP contribution in [0.5, 0.6) is 0 Å². The molecule has 6 aromatic rings. The number of hydrogen-bond donors (Lipinski definition) is 0. The predicted molar refractivity (Wildman–Crippen MR) is 163 cm³/mol. The van der Waals surface area contributed by atoms with Gasteiger partial charge in [-0.3, -0.25) is 0 Å². The van der Waals surface area contributed by atoms with E-state index in [2.05, 4.69) is 131 Å². The van der Waals surface area contributed by atoms with Gasteiger partial charge in [0.15, 0.2) is 11.0 Å². The van der Waals surface area contributed by atoms with Gasteiger partial charge in [-0.2, -0.15) is 4.57 Å². The van der Waals surface area contributed by atoms with Crippen LogP contribution >= 0.6 is 0 Å². The highest BCUT2D eigenvalue weighted by molar-refractivity contribution is 5.86. The summed E-state index contributed by atoms with van der Waals surface area (Å²) in [6.07, 6.45) is 1.78. The minimum Gasteiger partial charge on any atom is -0.464 e. The van der Waals surface area contributed by atoms with Crippen LogP contribution in [0.3, 0.4) is 0 Å². The molecular formula is C36H37N2O+. The molecule has 0 saturated carbocycles. The predicted octanol–water partition coefficient (Wildman–Crippen LogP) is 9.40. The van der Waals surface area contributed by atoms with E-state index in [0.717, 1.165) is 11.0 Å². The van der Waals surface area contributed by atoms with E-state index in [1.807, 2.05) is 6.07 Å². The smallest absolute Gasteiger partial charge is 0.295 e. The van der Waals surface area contributed by atoms with Gasteiger partial charge in [-0.15, -0.1) is 0 Å². The molecule has 0 atom stereocenters. The number of nitrogens with zero attached hydrogens (tertiary/aromatic N) is 2. The zero-order valence-electron chi connectivity index (χ0n) is 24.0. The Hall–Kier alpha value is -4.11. The highest BCUT2D eigenvalue weighted by Crippen LogP contribution is 2.38. The monoisotopic (exact) mass is 513 g/mol. The van der Waals surface area contributed by atoms with E-state index in [4.69, 9.17) is 4.42 Å². The third kappa shape index (κ3) is 4.08. The minimum atomic E-state index is 0.342. The second-order valence-corrected chi connectivity index (χ2v) is 11.5. The first-order chi connectivity index (χ1) is 18.8. The third-order valence-electron chi connectivity index (χ3n) is 8.11. The van der Waals surface area contributed by atoms with Crippen molar-refractivity contribution in [2.45, 2.75) is 53.4 Å². The Morgan fingerprint density at radius 1 is 0.718 bits per heavy atom. The topological polar surface area (TPSA) is 21.9 Å². The number of aromatic nitrogens is 2. The molecule has 0 saturated heterocycles. The van der Waals surface area contributed by atoms with E-state index in [1.165, 1.54) is 61.5 Å². The number of para-hydroxylation sites is 1. The van der Waals surface area contributed by atoms with Crippen molar-refractivity contribution in [1.29, 1.82) is 0 Å². The van der Waals surface area contributed by atoms with Crippen molar-refractivity contribution in [3.63, 3.8) is 0 Å². The molecule has 39 heavy (non-hydrogen) atoms. The van der Waals surface area contributed by atoms with Crippen LogP contribution in [0.1, 0.15) is 61.8 Å². The zero-order valence-corrected chi connectivity index (χ0v) is 24.0. The number of aryl methyl sites for hydroxylation is 3. The lowest BCUT2D eigenvalue weighted by Gasteiger charge is -2.21. The van der Waals surface area contributed by atoms with Gasteiger partial charge in [0.2, 0.25) is 0 Å². The lowest BCUT2D eigenvalue weighted by atomic mass is 9.88. The van der Waals surface area contributed by atoms with Crippen LogP contribution < -0.4 is 4.57 Å². The highest BCUT2D eigenvalue weighted by Gasteiger charge is 2.33. The first kappa shape index (κ1) is 25.2. The Balaban J connectivity index is 1.79. The molecule has 0 amide bonds. The van der Waals surface area contributed by atoms with E-state index < -0.39 is 0 Å². The molecule has 0 aliphatic rings. The minimum absolute atomic E-state index is 0.342. The number of fused-ring (bicyclic) bond motifs is 2. The molecule has 4 aromatic carbocycles.